The molecule has 0 saturated carbocycles. The van der Waals surface area contributed by atoms with Gasteiger partial charge in [0, 0.05) is 19.7 Å². The molecule has 0 atom stereocenters. The van der Waals surface area contributed by atoms with Gasteiger partial charge in [-0.25, -0.2) is 9.78 Å². The molecule has 130 valence electrons. The van der Waals surface area contributed by atoms with E-state index in [0.29, 0.717) is 17.1 Å². The first-order valence-corrected chi connectivity index (χ1v) is 7.57. The predicted octanol–water partition coefficient (Wildman–Crippen LogP) is 0.418. The number of carbonyl (C=O) groups excluding carboxylic acids is 1. The minimum Gasteiger partial charge on any atom is -0.361 e. The van der Waals surface area contributed by atoms with Gasteiger partial charge in [0.25, 0.3) is 5.56 Å². The van der Waals surface area contributed by atoms with Gasteiger partial charge in [-0.15, -0.1) is 0 Å². The molecule has 0 saturated heterocycles. The van der Waals surface area contributed by atoms with E-state index in [1.54, 1.807) is 13.8 Å². The van der Waals surface area contributed by atoms with Crippen molar-refractivity contribution in [2.45, 2.75) is 20.3 Å². The Hall–Kier alpha value is -3.23. The average molecular weight is 343 g/mol. The highest BCUT2D eigenvalue weighted by molar-refractivity contribution is 5.94. The molecule has 0 aliphatic rings. The number of nitrogens with zero attached hydrogens (tertiary/aromatic N) is 4. The van der Waals surface area contributed by atoms with E-state index in [2.05, 4.69) is 15.5 Å². The first-order chi connectivity index (χ1) is 11.8. The normalized spacial score (nSPS) is 11.0. The average Bonchev–Trinajstić information content (AvgIpc) is 2.90. The fourth-order valence-corrected chi connectivity index (χ4v) is 2.65. The van der Waals surface area contributed by atoms with Gasteiger partial charge in [0.05, 0.1) is 29.4 Å². The van der Waals surface area contributed by atoms with E-state index in [9.17, 15) is 14.4 Å². The van der Waals surface area contributed by atoms with Gasteiger partial charge in [0.1, 0.15) is 11.4 Å². The lowest BCUT2D eigenvalue weighted by molar-refractivity contribution is -0.115. The van der Waals surface area contributed by atoms with Gasteiger partial charge in [-0.2, -0.15) is 0 Å². The number of hydrogen-bond acceptors (Lipinski definition) is 6. The quantitative estimate of drug-likeness (QED) is 0.737. The van der Waals surface area contributed by atoms with Gasteiger partial charge < -0.3 is 9.84 Å². The van der Waals surface area contributed by atoms with Crippen LogP contribution in [0.4, 0.5) is 5.69 Å². The summed E-state index contributed by atoms with van der Waals surface area (Å²) in [6.45, 7) is 3.51. The molecule has 1 N–H and O–H groups in total. The second kappa shape index (κ2) is 6.00. The molecule has 25 heavy (non-hydrogen) atoms. The number of carbonyl (C=O) groups is 1. The van der Waals surface area contributed by atoms with Crippen molar-refractivity contribution in [2.75, 3.05) is 5.32 Å². The van der Waals surface area contributed by atoms with Crippen LogP contribution in [0, 0.1) is 13.8 Å². The van der Waals surface area contributed by atoms with E-state index < -0.39 is 11.2 Å². The van der Waals surface area contributed by atoms with Crippen molar-refractivity contribution in [2.24, 2.45) is 14.1 Å². The summed E-state index contributed by atoms with van der Waals surface area (Å²) < 4.78 is 7.32. The van der Waals surface area contributed by atoms with Gasteiger partial charge in [-0.3, -0.25) is 18.7 Å². The predicted molar refractivity (Wildman–Crippen MR) is 90.5 cm³/mol. The molecule has 3 aromatic rings. The number of anilines is 1. The highest BCUT2D eigenvalue weighted by Crippen LogP contribution is 2.15. The van der Waals surface area contributed by atoms with Crippen molar-refractivity contribution in [3.05, 3.63) is 50.1 Å². The Morgan fingerprint density at radius 1 is 1.24 bits per heavy atom. The summed E-state index contributed by atoms with van der Waals surface area (Å²) in [4.78, 5) is 40.5. The summed E-state index contributed by atoms with van der Waals surface area (Å²) in [5.74, 6) is 0.311. The summed E-state index contributed by atoms with van der Waals surface area (Å²) in [6.07, 6.45) is 1.51. The first-order valence-electron chi connectivity index (χ1n) is 7.57. The van der Waals surface area contributed by atoms with Gasteiger partial charge in [0.15, 0.2) is 0 Å². The standard InChI is InChI=1S/C16H17N5O4/c1-8-11(9(2)25-19-8)6-13(22)18-10-5-12-14(17-7-10)20(3)16(24)21(4)15(12)23/h5,7H,6H2,1-4H3,(H,18,22). The van der Waals surface area contributed by atoms with Crippen LogP contribution in [0.5, 0.6) is 0 Å². The second-order valence-corrected chi connectivity index (χ2v) is 5.83. The van der Waals surface area contributed by atoms with Gasteiger partial charge >= 0.3 is 5.69 Å². The van der Waals surface area contributed by atoms with E-state index >= 15 is 0 Å². The van der Waals surface area contributed by atoms with Crippen LogP contribution in [0.1, 0.15) is 17.0 Å². The van der Waals surface area contributed by atoms with Crippen molar-refractivity contribution in [1.82, 2.24) is 19.3 Å². The van der Waals surface area contributed by atoms with Crippen LogP contribution in [0.25, 0.3) is 11.0 Å². The molecule has 3 aromatic heterocycles. The highest BCUT2D eigenvalue weighted by Gasteiger charge is 2.15. The number of aromatic nitrogens is 4. The summed E-state index contributed by atoms with van der Waals surface area (Å²) in [5, 5.41) is 6.76. The molecule has 0 aliphatic carbocycles. The number of hydrogen-bond donors (Lipinski definition) is 1. The lowest BCUT2D eigenvalue weighted by Crippen LogP contribution is -2.37. The molecule has 1 amide bonds. The van der Waals surface area contributed by atoms with Gasteiger partial charge in [0.2, 0.25) is 5.91 Å². The topological polar surface area (TPSA) is 112 Å². The number of aryl methyl sites for hydroxylation is 3. The molecular weight excluding hydrogens is 326 g/mol. The zero-order valence-corrected chi connectivity index (χ0v) is 14.3. The lowest BCUT2D eigenvalue weighted by atomic mass is 10.1. The Kier molecular flexibility index (Phi) is 3.99. The fourth-order valence-electron chi connectivity index (χ4n) is 2.65. The first kappa shape index (κ1) is 16.6. The maximum absolute atomic E-state index is 12.3. The SMILES string of the molecule is Cc1noc(C)c1CC(=O)Nc1cnc2c(c1)c(=O)n(C)c(=O)n2C. The number of nitrogens with one attached hydrogen (secondary N) is 1. The van der Waals surface area contributed by atoms with Crippen molar-refractivity contribution in [3.8, 4) is 0 Å². The zero-order valence-electron chi connectivity index (χ0n) is 14.3. The Morgan fingerprint density at radius 2 is 1.96 bits per heavy atom. The molecule has 3 rings (SSSR count). The molecule has 3 heterocycles. The number of pyridine rings is 1. The molecule has 0 radical (unpaired) electrons. The molecule has 0 aromatic carbocycles. The van der Waals surface area contributed by atoms with E-state index in [1.165, 1.54) is 30.9 Å². The zero-order chi connectivity index (χ0) is 18.3. The Balaban J connectivity index is 1.94. The summed E-state index contributed by atoms with van der Waals surface area (Å²) in [5.41, 5.74) is 1.10. The van der Waals surface area contributed by atoms with Crippen LogP contribution in [-0.2, 0) is 25.3 Å². The van der Waals surface area contributed by atoms with Crippen molar-refractivity contribution >= 4 is 22.6 Å². The molecule has 0 spiro atoms. The van der Waals surface area contributed by atoms with Crippen LogP contribution in [0.2, 0.25) is 0 Å². The Morgan fingerprint density at radius 3 is 2.60 bits per heavy atom. The molecule has 0 aliphatic heterocycles. The van der Waals surface area contributed by atoms with Crippen LogP contribution in [0.3, 0.4) is 0 Å². The van der Waals surface area contributed by atoms with Crippen LogP contribution in [-0.4, -0.2) is 25.2 Å². The summed E-state index contributed by atoms with van der Waals surface area (Å²) in [6, 6.07) is 1.51. The smallest absolute Gasteiger partial charge is 0.332 e. The molecule has 9 nitrogen and oxygen atoms in total. The summed E-state index contributed by atoms with van der Waals surface area (Å²) >= 11 is 0. The Bertz CT molecular complexity index is 1090. The Labute approximate surface area is 141 Å². The molecular formula is C16H17N5O4. The van der Waals surface area contributed by atoms with Gasteiger partial charge in [-0.1, -0.05) is 5.16 Å². The maximum Gasteiger partial charge on any atom is 0.332 e. The third kappa shape index (κ3) is 2.84. The van der Waals surface area contributed by atoms with E-state index in [4.69, 9.17) is 4.52 Å². The maximum atomic E-state index is 12.3. The van der Waals surface area contributed by atoms with Crippen molar-refractivity contribution in [3.63, 3.8) is 0 Å². The number of rotatable bonds is 3. The van der Waals surface area contributed by atoms with Gasteiger partial charge in [-0.05, 0) is 19.9 Å². The van der Waals surface area contributed by atoms with Crippen LogP contribution in [0.15, 0.2) is 26.4 Å². The van der Waals surface area contributed by atoms with Crippen LogP contribution < -0.4 is 16.6 Å². The molecule has 0 fully saturated rings. The third-order valence-corrected chi connectivity index (χ3v) is 4.10. The second-order valence-electron chi connectivity index (χ2n) is 5.83. The monoisotopic (exact) mass is 343 g/mol. The van der Waals surface area contributed by atoms with E-state index in [1.807, 2.05) is 0 Å². The van der Waals surface area contributed by atoms with Crippen LogP contribution >= 0.6 is 0 Å². The summed E-state index contributed by atoms with van der Waals surface area (Å²) in [7, 11) is 2.93. The lowest BCUT2D eigenvalue weighted by Gasteiger charge is -2.09. The third-order valence-electron chi connectivity index (χ3n) is 4.10. The highest BCUT2D eigenvalue weighted by atomic mass is 16.5. The minimum atomic E-state index is -0.465. The molecule has 0 unspecified atom stereocenters. The van der Waals surface area contributed by atoms with E-state index in [0.717, 1.165) is 10.1 Å². The molecule has 9 heteroatoms. The molecule has 0 bridgehead atoms. The number of fused-ring (bicyclic) bond motifs is 1. The largest absolute Gasteiger partial charge is 0.361 e. The van der Waals surface area contributed by atoms with E-state index in [-0.39, 0.29) is 23.4 Å². The number of amides is 1. The fraction of sp³-hybridized carbons (Fsp3) is 0.312. The van der Waals surface area contributed by atoms with Crippen molar-refractivity contribution < 1.29 is 9.32 Å². The van der Waals surface area contributed by atoms with Crippen molar-refractivity contribution in [1.29, 1.82) is 0 Å². The minimum absolute atomic E-state index is 0.102.